The highest BCUT2D eigenvalue weighted by atomic mass is 32.1. The molecule has 128 valence electrons. The Morgan fingerprint density at radius 3 is 2.42 bits per heavy atom. The summed E-state index contributed by atoms with van der Waals surface area (Å²) in [7, 11) is 0. The lowest BCUT2D eigenvalue weighted by atomic mass is 10.1. The van der Waals surface area contributed by atoms with E-state index in [0.717, 1.165) is 16.8 Å². The van der Waals surface area contributed by atoms with Crippen LogP contribution in [0.15, 0.2) is 54.6 Å². The van der Waals surface area contributed by atoms with Crippen LogP contribution in [0.1, 0.15) is 16.1 Å². The van der Waals surface area contributed by atoms with Crippen LogP contribution in [0.2, 0.25) is 0 Å². The number of carbonyl (C=O) groups excluding carboxylic acids is 1. The van der Waals surface area contributed by atoms with Crippen molar-refractivity contribution in [1.29, 1.82) is 0 Å². The molecule has 0 fully saturated rings. The SMILES string of the molecule is Cc1ccc(-c2nc(C(N)=O)c3[nH]c(=S)n(-c4ccccc4)c3n2)cc1. The summed E-state index contributed by atoms with van der Waals surface area (Å²) in [6, 6.07) is 17.3. The van der Waals surface area contributed by atoms with E-state index in [1.165, 1.54) is 0 Å². The van der Waals surface area contributed by atoms with Crippen molar-refractivity contribution in [3.05, 3.63) is 70.6 Å². The second-order valence-electron chi connectivity index (χ2n) is 5.93. The molecule has 26 heavy (non-hydrogen) atoms. The molecule has 4 rings (SSSR count). The first-order chi connectivity index (χ1) is 12.5. The minimum atomic E-state index is -0.637. The number of para-hydroxylation sites is 1. The van der Waals surface area contributed by atoms with E-state index in [1.807, 2.05) is 61.5 Å². The molecule has 0 saturated heterocycles. The second kappa shape index (κ2) is 6.20. The van der Waals surface area contributed by atoms with E-state index in [-0.39, 0.29) is 5.69 Å². The van der Waals surface area contributed by atoms with E-state index < -0.39 is 5.91 Å². The van der Waals surface area contributed by atoms with Crippen LogP contribution in [-0.4, -0.2) is 25.4 Å². The number of H-pyrrole nitrogens is 1. The monoisotopic (exact) mass is 361 g/mol. The standard InChI is InChI=1S/C19H15N5OS/c1-11-7-9-12(10-8-11)17-21-14(16(20)25)15-18(23-17)24(19(26)22-15)13-5-3-2-4-6-13/h2-10H,1H3,(H2,20,25)(H,22,26). The molecule has 0 aliphatic rings. The highest BCUT2D eigenvalue weighted by molar-refractivity contribution is 7.71. The fourth-order valence-corrected chi connectivity index (χ4v) is 3.11. The number of hydrogen-bond donors (Lipinski definition) is 2. The zero-order valence-electron chi connectivity index (χ0n) is 13.9. The maximum absolute atomic E-state index is 12.0. The summed E-state index contributed by atoms with van der Waals surface area (Å²) in [4.78, 5) is 24.0. The van der Waals surface area contributed by atoms with E-state index in [0.29, 0.717) is 21.8 Å². The molecule has 7 heteroatoms. The lowest BCUT2D eigenvalue weighted by Crippen LogP contribution is -2.15. The molecule has 6 nitrogen and oxygen atoms in total. The van der Waals surface area contributed by atoms with Gasteiger partial charge in [0.05, 0.1) is 0 Å². The van der Waals surface area contributed by atoms with Gasteiger partial charge in [-0.25, -0.2) is 9.97 Å². The van der Waals surface area contributed by atoms with Gasteiger partial charge in [0.15, 0.2) is 21.9 Å². The Labute approximate surface area is 154 Å². The molecule has 0 spiro atoms. The number of benzene rings is 2. The van der Waals surface area contributed by atoms with Crippen LogP contribution >= 0.6 is 12.2 Å². The van der Waals surface area contributed by atoms with Crippen molar-refractivity contribution < 1.29 is 4.79 Å². The van der Waals surface area contributed by atoms with Crippen LogP contribution in [0.3, 0.4) is 0 Å². The fourth-order valence-electron chi connectivity index (χ4n) is 2.81. The van der Waals surface area contributed by atoms with Gasteiger partial charge in [0.1, 0.15) is 5.52 Å². The predicted octanol–water partition coefficient (Wildman–Crippen LogP) is 3.55. The molecule has 2 aromatic heterocycles. The number of aryl methyl sites for hydroxylation is 1. The van der Waals surface area contributed by atoms with Crippen LogP contribution < -0.4 is 5.73 Å². The Balaban J connectivity index is 2.06. The number of imidazole rings is 1. The molecule has 2 heterocycles. The Kier molecular flexibility index (Phi) is 3.85. The van der Waals surface area contributed by atoms with E-state index in [2.05, 4.69) is 15.0 Å². The Morgan fingerprint density at radius 1 is 1.08 bits per heavy atom. The molecule has 4 aromatic rings. The number of rotatable bonds is 3. The second-order valence-corrected chi connectivity index (χ2v) is 6.31. The predicted molar refractivity (Wildman–Crippen MR) is 103 cm³/mol. The number of aromatic nitrogens is 4. The third kappa shape index (κ3) is 2.68. The van der Waals surface area contributed by atoms with Gasteiger partial charge in [-0.05, 0) is 31.3 Å². The minimum Gasteiger partial charge on any atom is -0.364 e. The largest absolute Gasteiger partial charge is 0.364 e. The highest BCUT2D eigenvalue weighted by Gasteiger charge is 2.18. The van der Waals surface area contributed by atoms with E-state index >= 15 is 0 Å². The average Bonchev–Trinajstić information content (AvgIpc) is 2.97. The lowest BCUT2D eigenvalue weighted by Gasteiger charge is -2.07. The molecule has 2 aromatic carbocycles. The Morgan fingerprint density at radius 2 is 1.77 bits per heavy atom. The third-order valence-corrected chi connectivity index (χ3v) is 4.38. The number of nitrogens with zero attached hydrogens (tertiary/aromatic N) is 3. The van der Waals surface area contributed by atoms with Gasteiger partial charge < -0.3 is 10.7 Å². The molecule has 0 aliphatic carbocycles. The fraction of sp³-hybridized carbons (Fsp3) is 0.0526. The summed E-state index contributed by atoms with van der Waals surface area (Å²) in [6.07, 6.45) is 0. The summed E-state index contributed by atoms with van der Waals surface area (Å²) in [6.45, 7) is 2.00. The van der Waals surface area contributed by atoms with Gasteiger partial charge in [0.2, 0.25) is 0 Å². The van der Waals surface area contributed by atoms with Gasteiger partial charge in [0.25, 0.3) is 5.91 Å². The van der Waals surface area contributed by atoms with Crippen LogP contribution in [0.25, 0.3) is 28.2 Å². The van der Waals surface area contributed by atoms with Gasteiger partial charge in [0, 0.05) is 11.3 Å². The Hall–Kier alpha value is -3.32. The zero-order valence-corrected chi connectivity index (χ0v) is 14.7. The first-order valence-electron chi connectivity index (χ1n) is 7.99. The number of amides is 1. The first-order valence-corrected chi connectivity index (χ1v) is 8.40. The third-order valence-electron chi connectivity index (χ3n) is 4.09. The van der Waals surface area contributed by atoms with Crippen LogP contribution in [0.4, 0.5) is 0 Å². The summed E-state index contributed by atoms with van der Waals surface area (Å²) in [5, 5.41) is 0. The molecule has 1 amide bonds. The molecular formula is C19H15N5OS. The van der Waals surface area contributed by atoms with E-state index in [4.69, 9.17) is 18.0 Å². The van der Waals surface area contributed by atoms with E-state index in [9.17, 15) is 4.79 Å². The topological polar surface area (TPSA) is 89.6 Å². The zero-order chi connectivity index (χ0) is 18.3. The van der Waals surface area contributed by atoms with E-state index in [1.54, 1.807) is 4.57 Å². The van der Waals surface area contributed by atoms with Crippen LogP contribution in [0, 0.1) is 11.7 Å². The molecule has 0 aliphatic heterocycles. The number of nitrogens with one attached hydrogen (secondary N) is 1. The van der Waals surface area contributed by atoms with Gasteiger partial charge in [-0.2, -0.15) is 0 Å². The summed E-state index contributed by atoms with van der Waals surface area (Å²) in [5.41, 5.74) is 9.38. The smallest absolute Gasteiger partial charge is 0.269 e. The van der Waals surface area contributed by atoms with Crippen LogP contribution in [0.5, 0.6) is 0 Å². The minimum absolute atomic E-state index is 0.117. The summed E-state index contributed by atoms with van der Waals surface area (Å²) < 4.78 is 2.19. The first kappa shape index (κ1) is 16.2. The maximum atomic E-state index is 12.0. The number of carbonyl (C=O) groups is 1. The van der Waals surface area contributed by atoms with Gasteiger partial charge in [-0.15, -0.1) is 0 Å². The molecule has 0 atom stereocenters. The van der Waals surface area contributed by atoms with Crippen molar-refractivity contribution in [2.75, 3.05) is 0 Å². The summed E-state index contributed by atoms with van der Waals surface area (Å²) >= 11 is 5.45. The number of hydrogen-bond acceptors (Lipinski definition) is 4. The Bertz CT molecular complexity index is 1180. The summed E-state index contributed by atoms with van der Waals surface area (Å²) in [5.74, 6) is -0.216. The van der Waals surface area contributed by atoms with Crippen molar-refractivity contribution in [3.63, 3.8) is 0 Å². The quantitative estimate of drug-likeness (QED) is 0.546. The number of fused-ring (bicyclic) bond motifs is 1. The average molecular weight is 361 g/mol. The molecule has 0 radical (unpaired) electrons. The van der Waals surface area contributed by atoms with Gasteiger partial charge in [-0.3, -0.25) is 9.36 Å². The van der Waals surface area contributed by atoms with Crippen LogP contribution in [-0.2, 0) is 0 Å². The maximum Gasteiger partial charge on any atom is 0.269 e. The van der Waals surface area contributed by atoms with Crippen molar-refractivity contribution in [1.82, 2.24) is 19.5 Å². The number of aromatic amines is 1. The van der Waals surface area contributed by atoms with Gasteiger partial charge in [-0.1, -0.05) is 48.0 Å². The van der Waals surface area contributed by atoms with Crippen molar-refractivity contribution >= 4 is 29.3 Å². The molecule has 0 saturated carbocycles. The molecule has 0 bridgehead atoms. The molecule has 3 N–H and O–H groups in total. The number of primary amides is 1. The normalized spacial score (nSPS) is 11.0. The molecule has 0 unspecified atom stereocenters. The lowest BCUT2D eigenvalue weighted by molar-refractivity contribution is 0.0997. The van der Waals surface area contributed by atoms with Crippen molar-refractivity contribution in [2.45, 2.75) is 6.92 Å². The molecular weight excluding hydrogens is 346 g/mol. The number of nitrogens with two attached hydrogens (primary N) is 1. The highest BCUT2D eigenvalue weighted by Crippen LogP contribution is 2.24. The van der Waals surface area contributed by atoms with Crippen molar-refractivity contribution in [2.24, 2.45) is 5.73 Å². The van der Waals surface area contributed by atoms with Gasteiger partial charge >= 0.3 is 0 Å². The van der Waals surface area contributed by atoms with Crippen molar-refractivity contribution in [3.8, 4) is 17.1 Å².